The maximum Gasteiger partial charge on any atom is 0.242 e. The fourth-order valence-corrected chi connectivity index (χ4v) is 2.61. The topological polar surface area (TPSA) is 66.0 Å². The summed E-state index contributed by atoms with van der Waals surface area (Å²) in [6.45, 7) is 3.89. The molecule has 0 saturated heterocycles. The summed E-state index contributed by atoms with van der Waals surface area (Å²) >= 11 is 0. The first kappa shape index (κ1) is 19.6. The molecule has 1 heterocycles. The Kier molecular flexibility index (Phi) is 6.80. The number of hydrogen-bond donors (Lipinski definition) is 2. The van der Waals surface area contributed by atoms with Gasteiger partial charge in [-0.3, -0.25) is 5.43 Å². The van der Waals surface area contributed by atoms with Crippen LogP contribution in [0.15, 0.2) is 54.9 Å². The van der Waals surface area contributed by atoms with E-state index in [1.54, 1.807) is 24.3 Å². The highest BCUT2D eigenvalue weighted by Gasteiger charge is 2.08. The molecule has 0 bridgehead atoms. The van der Waals surface area contributed by atoms with Gasteiger partial charge in [0.15, 0.2) is 0 Å². The van der Waals surface area contributed by atoms with Crippen LogP contribution in [0.3, 0.4) is 0 Å². The molecule has 0 atom stereocenters. The van der Waals surface area contributed by atoms with E-state index in [2.05, 4.69) is 32.6 Å². The predicted molar refractivity (Wildman–Crippen MR) is 104 cm³/mol. The van der Waals surface area contributed by atoms with Crippen LogP contribution in [-0.2, 0) is 13.1 Å². The minimum atomic E-state index is -0.271. The summed E-state index contributed by atoms with van der Waals surface area (Å²) in [6, 6.07) is 12.6. The van der Waals surface area contributed by atoms with Gasteiger partial charge in [-0.15, -0.1) is 0 Å². The number of hydrogen-bond acceptors (Lipinski definition) is 6. The van der Waals surface area contributed by atoms with Crippen LogP contribution >= 0.6 is 0 Å². The molecule has 8 heteroatoms. The third kappa shape index (κ3) is 5.95. The number of nitrogens with one attached hydrogen (secondary N) is 2. The monoisotopic (exact) mass is 384 g/mol. The number of halogens is 2. The van der Waals surface area contributed by atoms with Gasteiger partial charge < -0.3 is 5.32 Å². The second-order valence-electron chi connectivity index (χ2n) is 6.27. The molecular weight excluding hydrogens is 362 g/mol. The largest absolute Gasteiger partial charge is 0.350 e. The van der Waals surface area contributed by atoms with Crippen molar-refractivity contribution in [1.82, 2.24) is 20.0 Å². The molecule has 0 amide bonds. The summed E-state index contributed by atoms with van der Waals surface area (Å²) in [5, 5.41) is 5.06. The third-order valence-corrected chi connectivity index (χ3v) is 3.97. The molecule has 3 rings (SSSR count). The molecule has 3 aromatic rings. The summed E-state index contributed by atoms with van der Waals surface area (Å²) in [4.78, 5) is 12.6. The van der Waals surface area contributed by atoms with E-state index in [0.29, 0.717) is 25.0 Å². The van der Waals surface area contributed by atoms with Crippen molar-refractivity contribution < 1.29 is 8.78 Å². The number of nitrogens with zero attached hydrogens (tertiary/aromatic N) is 4. The summed E-state index contributed by atoms with van der Waals surface area (Å²) in [7, 11) is 0. The molecular formula is C20H22F2N6. The molecule has 28 heavy (non-hydrogen) atoms. The first-order valence-corrected chi connectivity index (χ1v) is 9.06. The zero-order valence-electron chi connectivity index (χ0n) is 15.6. The average Bonchev–Trinajstić information content (AvgIpc) is 2.70. The zero-order valence-corrected chi connectivity index (χ0v) is 15.6. The highest BCUT2D eigenvalue weighted by atomic mass is 19.1. The molecule has 0 spiro atoms. The molecule has 0 aliphatic rings. The molecule has 0 radical (unpaired) electrons. The lowest BCUT2D eigenvalue weighted by atomic mass is 10.2. The van der Waals surface area contributed by atoms with Gasteiger partial charge in [-0.05, 0) is 41.8 Å². The van der Waals surface area contributed by atoms with Crippen molar-refractivity contribution >= 4 is 11.9 Å². The summed E-state index contributed by atoms with van der Waals surface area (Å²) < 4.78 is 26.1. The van der Waals surface area contributed by atoms with E-state index >= 15 is 0 Å². The van der Waals surface area contributed by atoms with Gasteiger partial charge in [0.25, 0.3) is 0 Å². The minimum Gasteiger partial charge on any atom is -0.350 e. The molecule has 0 fully saturated rings. The highest BCUT2D eigenvalue weighted by molar-refractivity contribution is 5.33. The lowest BCUT2D eigenvalue weighted by Crippen LogP contribution is -2.31. The Morgan fingerprint density at radius 1 is 0.857 bits per heavy atom. The molecule has 146 valence electrons. The van der Waals surface area contributed by atoms with Crippen molar-refractivity contribution in [3.05, 3.63) is 77.6 Å². The Morgan fingerprint density at radius 3 is 2.11 bits per heavy atom. The standard InChI is InChI=1S/C20H22F2N6/c1-2-11-28(13-16-5-9-18(22)10-6-16)27-20-25-14-24-19(26-20)23-12-15-3-7-17(21)8-4-15/h3-10,14H,2,11-13H2,1H3,(H2,23,24,25,26,27). The highest BCUT2D eigenvalue weighted by Crippen LogP contribution is 2.11. The summed E-state index contributed by atoms with van der Waals surface area (Å²) in [5.41, 5.74) is 5.07. The molecule has 2 aromatic carbocycles. The molecule has 2 N–H and O–H groups in total. The van der Waals surface area contributed by atoms with Crippen LogP contribution in [0.25, 0.3) is 0 Å². The van der Waals surface area contributed by atoms with Crippen molar-refractivity contribution in [3.8, 4) is 0 Å². The first-order valence-electron chi connectivity index (χ1n) is 9.06. The maximum absolute atomic E-state index is 13.1. The quantitative estimate of drug-likeness (QED) is 0.544. The lowest BCUT2D eigenvalue weighted by molar-refractivity contribution is 0.319. The van der Waals surface area contributed by atoms with Gasteiger partial charge in [-0.2, -0.15) is 4.98 Å². The Balaban J connectivity index is 1.62. The summed E-state index contributed by atoms with van der Waals surface area (Å²) in [6.07, 6.45) is 2.35. The third-order valence-electron chi connectivity index (χ3n) is 3.97. The zero-order chi connectivity index (χ0) is 19.8. The van der Waals surface area contributed by atoms with Crippen LogP contribution in [-0.4, -0.2) is 26.5 Å². The number of rotatable bonds is 9. The van der Waals surface area contributed by atoms with E-state index in [0.717, 1.165) is 24.1 Å². The first-order chi connectivity index (χ1) is 13.6. The fraction of sp³-hybridized carbons (Fsp3) is 0.250. The number of benzene rings is 2. The van der Waals surface area contributed by atoms with Crippen LogP contribution < -0.4 is 10.7 Å². The Bertz CT molecular complexity index is 871. The van der Waals surface area contributed by atoms with E-state index in [4.69, 9.17) is 0 Å². The van der Waals surface area contributed by atoms with Gasteiger partial charge in [-0.25, -0.2) is 23.8 Å². The number of hydrazine groups is 1. The van der Waals surface area contributed by atoms with Crippen molar-refractivity contribution in [2.45, 2.75) is 26.4 Å². The van der Waals surface area contributed by atoms with E-state index in [9.17, 15) is 8.78 Å². The summed E-state index contributed by atoms with van der Waals surface area (Å²) in [5.74, 6) is 0.299. The smallest absolute Gasteiger partial charge is 0.242 e. The number of anilines is 2. The van der Waals surface area contributed by atoms with Gasteiger partial charge in [0, 0.05) is 19.6 Å². The van der Waals surface area contributed by atoms with Crippen molar-refractivity contribution in [3.63, 3.8) is 0 Å². The Hall–Kier alpha value is -3.13. The van der Waals surface area contributed by atoms with Crippen molar-refractivity contribution in [2.75, 3.05) is 17.3 Å². The van der Waals surface area contributed by atoms with Crippen LogP contribution in [0.2, 0.25) is 0 Å². The molecule has 0 aliphatic carbocycles. The van der Waals surface area contributed by atoms with E-state index in [-0.39, 0.29) is 11.6 Å². The number of aromatic nitrogens is 3. The van der Waals surface area contributed by atoms with Gasteiger partial charge >= 0.3 is 0 Å². The van der Waals surface area contributed by atoms with Crippen molar-refractivity contribution in [1.29, 1.82) is 0 Å². The van der Waals surface area contributed by atoms with Crippen molar-refractivity contribution in [2.24, 2.45) is 0 Å². The van der Waals surface area contributed by atoms with E-state index in [1.807, 2.05) is 5.01 Å². The van der Waals surface area contributed by atoms with Crippen LogP contribution in [0, 0.1) is 11.6 Å². The molecule has 0 saturated carbocycles. The Labute approximate surface area is 162 Å². The molecule has 6 nitrogen and oxygen atoms in total. The molecule has 1 aromatic heterocycles. The lowest BCUT2D eigenvalue weighted by Gasteiger charge is -2.22. The molecule has 0 unspecified atom stereocenters. The van der Waals surface area contributed by atoms with Gasteiger partial charge in [-0.1, -0.05) is 31.2 Å². The second kappa shape index (κ2) is 9.70. The van der Waals surface area contributed by atoms with Crippen LogP contribution in [0.4, 0.5) is 20.7 Å². The van der Waals surface area contributed by atoms with Crippen LogP contribution in [0.1, 0.15) is 24.5 Å². The van der Waals surface area contributed by atoms with Gasteiger partial charge in [0.05, 0.1) is 0 Å². The Morgan fingerprint density at radius 2 is 1.46 bits per heavy atom. The average molecular weight is 384 g/mol. The van der Waals surface area contributed by atoms with Gasteiger partial charge in [0.1, 0.15) is 18.0 Å². The fourth-order valence-electron chi connectivity index (χ4n) is 2.61. The van der Waals surface area contributed by atoms with Gasteiger partial charge in [0.2, 0.25) is 11.9 Å². The predicted octanol–water partition coefficient (Wildman–Crippen LogP) is 4.00. The van der Waals surface area contributed by atoms with E-state index in [1.165, 1.54) is 30.6 Å². The van der Waals surface area contributed by atoms with Crippen LogP contribution in [0.5, 0.6) is 0 Å². The minimum absolute atomic E-state index is 0.256. The normalized spacial score (nSPS) is 10.9. The SMILES string of the molecule is CCCN(Cc1ccc(F)cc1)Nc1ncnc(NCc2ccc(F)cc2)n1. The molecule has 0 aliphatic heterocycles. The second-order valence-corrected chi connectivity index (χ2v) is 6.27. The maximum atomic E-state index is 13.1. The van der Waals surface area contributed by atoms with E-state index < -0.39 is 0 Å².